The van der Waals surface area contributed by atoms with Gasteiger partial charge in [0.25, 0.3) is 0 Å². The molecule has 0 amide bonds. The molecule has 2 aromatic rings. The second-order valence-electron chi connectivity index (χ2n) is 8.79. The zero-order chi connectivity index (χ0) is 20.4. The van der Waals surface area contributed by atoms with Gasteiger partial charge < -0.3 is 10.1 Å². The molecular weight excluding hydrogens is 366 g/mol. The molecule has 0 saturated heterocycles. The molecule has 0 radical (unpaired) electrons. The predicted molar refractivity (Wildman–Crippen MR) is 111 cm³/mol. The van der Waals surface area contributed by atoms with Gasteiger partial charge in [-0.25, -0.2) is 0 Å². The van der Waals surface area contributed by atoms with Crippen molar-refractivity contribution < 1.29 is 9.53 Å². The number of ether oxygens (including phenoxy) is 1. The molecule has 0 fully saturated rings. The fraction of sp³-hybridized carbons (Fsp3) is 0.545. The Hall–Kier alpha value is -2.70. The van der Waals surface area contributed by atoms with Crippen molar-refractivity contribution in [1.29, 1.82) is 0 Å². The molecule has 1 aromatic heterocycles. The van der Waals surface area contributed by atoms with Crippen molar-refractivity contribution in [2.24, 2.45) is 5.41 Å². The van der Waals surface area contributed by atoms with E-state index in [1.54, 1.807) is 4.68 Å². The fourth-order valence-electron chi connectivity index (χ4n) is 4.24. The number of fused-ring (bicyclic) bond motifs is 1. The van der Waals surface area contributed by atoms with Crippen molar-refractivity contribution >= 4 is 11.7 Å². The van der Waals surface area contributed by atoms with Gasteiger partial charge >= 0.3 is 0 Å². The van der Waals surface area contributed by atoms with Crippen LogP contribution in [0.1, 0.15) is 70.9 Å². The fourth-order valence-corrected chi connectivity index (χ4v) is 4.24. The van der Waals surface area contributed by atoms with Crippen LogP contribution in [0.5, 0.6) is 5.75 Å². The summed E-state index contributed by atoms with van der Waals surface area (Å²) in [4.78, 5) is 13.0. The molecule has 1 aromatic carbocycles. The molecule has 1 N–H and O–H groups in total. The Morgan fingerprint density at radius 1 is 1.17 bits per heavy atom. The Labute approximate surface area is 171 Å². The van der Waals surface area contributed by atoms with Crippen LogP contribution in [-0.4, -0.2) is 32.6 Å². The van der Waals surface area contributed by atoms with Crippen LogP contribution in [0, 0.1) is 5.41 Å². The highest BCUT2D eigenvalue weighted by Gasteiger charge is 2.41. The molecular formula is C22H29N5O2. The molecule has 2 aliphatic rings. The molecule has 29 heavy (non-hydrogen) atoms. The van der Waals surface area contributed by atoms with Gasteiger partial charge in [0, 0.05) is 17.7 Å². The maximum Gasteiger partial charge on any atom is 0.248 e. The van der Waals surface area contributed by atoms with Crippen LogP contribution >= 0.6 is 0 Å². The highest BCUT2D eigenvalue weighted by atomic mass is 16.5. The minimum atomic E-state index is -0.307. The summed E-state index contributed by atoms with van der Waals surface area (Å²) in [5.74, 6) is 1.59. The number of hydrogen-bond donors (Lipinski definition) is 1. The first-order chi connectivity index (χ1) is 14.0. The summed E-state index contributed by atoms with van der Waals surface area (Å²) < 4.78 is 7.57. The third-order valence-corrected chi connectivity index (χ3v) is 5.66. The van der Waals surface area contributed by atoms with Gasteiger partial charge in [0.2, 0.25) is 5.95 Å². The quantitative estimate of drug-likeness (QED) is 0.704. The Bertz CT molecular complexity index is 914. The molecule has 0 unspecified atom stereocenters. The van der Waals surface area contributed by atoms with Gasteiger partial charge in [0.05, 0.1) is 6.61 Å². The Kier molecular flexibility index (Phi) is 5.39. The van der Waals surface area contributed by atoms with Gasteiger partial charge in [-0.1, -0.05) is 57.3 Å². The van der Waals surface area contributed by atoms with E-state index in [-0.39, 0.29) is 17.2 Å². The van der Waals surface area contributed by atoms with Crippen molar-refractivity contribution in [3.8, 4) is 5.75 Å². The maximum absolute atomic E-state index is 13.0. The summed E-state index contributed by atoms with van der Waals surface area (Å²) in [5, 5.41) is 15.4. The number of Topliss-reactive ketones (excluding diaryl/α,β-unsaturated/α-hetero) is 1. The molecule has 2 heterocycles. The van der Waals surface area contributed by atoms with Crippen LogP contribution in [0.25, 0.3) is 0 Å². The third kappa shape index (κ3) is 4.04. The zero-order valence-corrected chi connectivity index (χ0v) is 17.4. The van der Waals surface area contributed by atoms with Crippen LogP contribution in [0.15, 0.2) is 35.5 Å². The average molecular weight is 396 g/mol. The van der Waals surface area contributed by atoms with E-state index in [1.807, 2.05) is 24.3 Å². The summed E-state index contributed by atoms with van der Waals surface area (Å²) in [5.41, 5.74) is 2.63. The highest BCUT2D eigenvalue weighted by Crippen LogP contribution is 2.45. The number of carbonyl (C=O) groups excluding carboxylic acids is 1. The molecule has 0 bridgehead atoms. The van der Waals surface area contributed by atoms with Gasteiger partial charge in [0.1, 0.15) is 11.8 Å². The first-order valence-corrected chi connectivity index (χ1v) is 10.5. The lowest BCUT2D eigenvalue weighted by Gasteiger charge is -2.37. The third-order valence-electron chi connectivity index (χ3n) is 5.66. The van der Waals surface area contributed by atoms with E-state index < -0.39 is 0 Å². The monoisotopic (exact) mass is 395 g/mol. The van der Waals surface area contributed by atoms with Gasteiger partial charge in [0.15, 0.2) is 5.78 Å². The van der Waals surface area contributed by atoms with Gasteiger partial charge in [-0.15, -0.1) is 0 Å². The molecule has 7 nitrogen and oxygen atoms in total. The SMILES string of the molecule is CCCCCCOc1ccc([C@@H]2C3=C(CC(C)(C)CC3=O)Nc3nnnn32)cc1. The van der Waals surface area contributed by atoms with Crippen LogP contribution < -0.4 is 10.1 Å². The normalized spacial score (nSPS) is 20.1. The van der Waals surface area contributed by atoms with Crippen LogP contribution in [0.3, 0.4) is 0 Å². The molecule has 0 spiro atoms. The van der Waals surface area contributed by atoms with E-state index in [2.05, 4.69) is 41.6 Å². The number of carbonyl (C=O) groups is 1. The topological polar surface area (TPSA) is 81.9 Å². The number of hydrogen-bond acceptors (Lipinski definition) is 6. The molecule has 1 atom stereocenters. The van der Waals surface area contributed by atoms with E-state index in [0.717, 1.165) is 42.0 Å². The molecule has 7 heteroatoms. The number of aromatic nitrogens is 4. The number of nitrogens with one attached hydrogen (secondary N) is 1. The number of ketones is 1. The molecule has 1 aliphatic heterocycles. The number of anilines is 1. The van der Waals surface area contributed by atoms with Gasteiger partial charge in [-0.05, 0) is 46.4 Å². The maximum atomic E-state index is 13.0. The number of nitrogens with zero attached hydrogens (tertiary/aromatic N) is 4. The van der Waals surface area contributed by atoms with Crippen molar-refractivity contribution in [2.75, 3.05) is 11.9 Å². The van der Waals surface area contributed by atoms with Gasteiger partial charge in [-0.3, -0.25) is 4.79 Å². The largest absolute Gasteiger partial charge is 0.494 e. The van der Waals surface area contributed by atoms with E-state index in [1.165, 1.54) is 19.3 Å². The molecule has 0 saturated carbocycles. The van der Waals surface area contributed by atoms with Crippen LogP contribution in [0.4, 0.5) is 5.95 Å². The number of unbranched alkanes of at least 4 members (excludes halogenated alkanes) is 3. The summed E-state index contributed by atoms with van der Waals surface area (Å²) in [6.07, 6.45) is 6.06. The Morgan fingerprint density at radius 2 is 1.97 bits per heavy atom. The van der Waals surface area contributed by atoms with Gasteiger partial charge in [-0.2, -0.15) is 4.68 Å². The molecule has 4 rings (SSSR count). The lowest BCUT2D eigenvalue weighted by atomic mass is 9.73. The first-order valence-electron chi connectivity index (χ1n) is 10.5. The zero-order valence-electron chi connectivity index (χ0n) is 17.4. The number of tetrazole rings is 1. The van der Waals surface area contributed by atoms with Crippen molar-refractivity contribution in [3.05, 3.63) is 41.1 Å². The number of benzene rings is 1. The summed E-state index contributed by atoms with van der Waals surface area (Å²) in [6.45, 7) is 7.17. The summed E-state index contributed by atoms with van der Waals surface area (Å²) in [7, 11) is 0. The predicted octanol–water partition coefficient (Wildman–Crippen LogP) is 4.29. The standard InChI is InChI=1S/C22H29N5O2/c1-4-5-6-7-12-29-16-10-8-15(9-11-16)20-19-17(13-22(2,3)14-18(19)28)23-21-24-25-26-27(20)21/h8-11,20H,4-7,12-14H2,1-3H3,(H,23,24,26)/t20-/m1/s1. The van der Waals surface area contributed by atoms with E-state index in [0.29, 0.717) is 12.4 Å². The minimum absolute atomic E-state index is 0.0709. The molecule has 1 aliphatic carbocycles. The summed E-state index contributed by atoms with van der Waals surface area (Å²) >= 11 is 0. The van der Waals surface area contributed by atoms with Crippen molar-refractivity contribution in [2.45, 2.75) is 65.3 Å². The van der Waals surface area contributed by atoms with E-state index in [4.69, 9.17) is 4.74 Å². The second kappa shape index (κ2) is 7.97. The number of rotatable bonds is 7. The lowest BCUT2D eigenvalue weighted by Crippen LogP contribution is -2.36. The van der Waals surface area contributed by atoms with Crippen molar-refractivity contribution in [3.63, 3.8) is 0 Å². The Morgan fingerprint density at radius 3 is 2.72 bits per heavy atom. The van der Waals surface area contributed by atoms with Crippen molar-refractivity contribution in [1.82, 2.24) is 20.2 Å². The Balaban J connectivity index is 1.58. The first kappa shape index (κ1) is 19.6. The minimum Gasteiger partial charge on any atom is -0.494 e. The average Bonchev–Trinajstić information content (AvgIpc) is 3.14. The summed E-state index contributed by atoms with van der Waals surface area (Å²) in [6, 6.07) is 7.66. The molecule has 154 valence electrons. The number of allylic oxidation sites excluding steroid dienone is 2. The second-order valence-corrected chi connectivity index (χ2v) is 8.79. The lowest BCUT2D eigenvalue weighted by molar-refractivity contribution is -0.118. The van der Waals surface area contributed by atoms with Crippen LogP contribution in [-0.2, 0) is 4.79 Å². The van der Waals surface area contributed by atoms with E-state index in [9.17, 15) is 4.79 Å². The smallest absolute Gasteiger partial charge is 0.248 e. The highest BCUT2D eigenvalue weighted by molar-refractivity contribution is 6.00. The van der Waals surface area contributed by atoms with Crippen LogP contribution in [0.2, 0.25) is 0 Å². The van der Waals surface area contributed by atoms with E-state index >= 15 is 0 Å².